The molecule has 0 saturated carbocycles. The summed E-state index contributed by atoms with van der Waals surface area (Å²) in [5.74, 6) is -1.27. The third kappa shape index (κ3) is 5.20. The van der Waals surface area contributed by atoms with Crippen molar-refractivity contribution >= 4 is 11.4 Å². The first-order valence-corrected chi connectivity index (χ1v) is 9.76. The Morgan fingerprint density at radius 3 is 2.32 bits per heavy atom. The number of allylic oxidation sites excluding steroid dienone is 2. The van der Waals surface area contributed by atoms with E-state index in [4.69, 9.17) is 10.8 Å². The van der Waals surface area contributed by atoms with Gasteiger partial charge in [0.25, 0.3) is 0 Å². The van der Waals surface area contributed by atoms with Crippen LogP contribution in [0.15, 0.2) is 34.5 Å². The summed E-state index contributed by atoms with van der Waals surface area (Å²) in [6.07, 6.45) is -9.35. The van der Waals surface area contributed by atoms with E-state index in [1.54, 1.807) is 0 Å². The number of nitrogens with zero attached hydrogens (tertiary/aromatic N) is 2. The van der Waals surface area contributed by atoms with Crippen molar-refractivity contribution in [2.24, 2.45) is 16.6 Å². The Bertz CT molecular complexity index is 869. The molecular weight excluding hydrogens is 431 g/mol. The number of hydrogen-bond acceptors (Lipinski definition) is 4. The second-order valence-corrected chi connectivity index (χ2v) is 7.71. The van der Waals surface area contributed by atoms with Gasteiger partial charge in [0.2, 0.25) is 0 Å². The highest BCUT2D eigenvalue weighted by Crippen LogP contribution is 2.38. The summed E-state index contributed by atoms with van der Waals surface area (Å²) in [6, 6.07) is 1.59. The minimum atomic E-state index is -4.79. The number of piperidine rings is 1. The van der Waals surface area contributed by atoms with E-state index in [-0.39, 0.29) is 50.2 Å². The standard InChI is InChI=1S/C20H22F7N3O/c21-13-2-4-14-12(9-13)1-3-15(29-14)17(20(25,26)27)18(28)11-5-7-30(8-6-11)16(10-31)19(22,23)24/h2,4,9,11,16,31H,1,3,5-8,10,28H2/b18-17+. The van der Waals surface area contributed by atoms with E-state index in [1.165, 1.54) is 12.1 Å². The Morgan fingerprint density at radius 2 is 1.77 bits per heavy atom. The van der Waals surface area contributed by atoms with Crippen molar-refractivity contribution in [3.05, 3.63) is 40.8 Å². The highest BCUT2D eigenvalue weighted by atomic mass is 19.4. The van der Waals surface area contributed by atoms with Gasteiger partial charge in [-0.15, -0.1) is 0 Å². The van der Waals surface area contributed by atoms with E-state index in [1.807, 2.05) is 0 Å². The van der Waals surface area contributed by atoms with Crippen LogP contribution in [0.25, 0.3) is 0 Å². The average molecular weight is 453 g/mol. The van der Waals surface area contributed by atoms with Gasteiger partial charge in [-0.3, -0.25) is 9.89 Å². The molecule has 31 heavy (non-hydrogen) atoms. The van der Waals surface area contributed by atoms with Crippen LogP contribution in [0.5, 0.6) is 0 Å². The van der Waals surface area contributed by atoms with Gasteiger partial charge in [0, 0.05) is 11.6 Å². The van der Waals surface area contributed by atoms with E-state index in [0.717, 1.165) is 11.0 Å². The first-order chi connectivity index (χ1) is 14.4. The molecule has 2 aliphatic heterocycles. The van der Waals surface area contributed by atoms with Gasteiger partial charge >= 0.3 is 12.4 Å². The molecule has 1 atom stereocenters. The molecule has 0 spiro atoms. The number of aryl methyl sites for hydroxylation is 1. The van der Waals surface area contributed by atoms with Crippen LogP contribution in [0.1, 0.15) is 24.8 Å². The zero-order valence-electron chi connectivity index (χ0n) is 16.4. The zero-order chi connectivity index (χ0) is 23.0. The summed E-state index contributed by atoms with van der Waals surface area (Å²) in [6.45, 7) is -1.41. The molecule has 0 amide bonds. The molecule has 11 heteroatoms. The molecule has 2 heterocycles. The quantitative estimate of drug-likeness (QED) is 0.670. The fourth-order valence-corrected chi connectivity index (χ4v) is 4.14. The van der Waals surface area contributed by atoms with E-state index in [2.05, 4.69) is 4.99 Å². The van der Waals surface area contributed by atoms with Gasteiger partial charge in [-0.1, -0.05) is 0 Å². The molecule has 1 aromatic rings. The average Bonchev–Trinajstić information content (AvgIpc) is 2.67. The van der Waals surface area contributed by atoms with E-state index in [9.17, 15) is 30.7 Å². The number of aliphatic hydroxyl groups is 1. The molecule has 3 rings (SSSR count). The van der Waals surface area contributed by atoms with Crippen molar-refractivity contribution in [2.75, 3.05) is 19.7 Å². The highest BCUT2D eigenvalue weighted by Gasteiger charge is 2.45. The van der Waals surface area contributed by atoms with Crippen LogP contribution >= 0.6 is 0 Å². The fraction of sp³-hybridized carbons (Fsp3) is 0.550. The van der Waals surface area contributed by atoms with Gasteiger partial charge in [0.05, 0.1) is 23.6 Å². The highest BCUT2D eigenvalue weighted by molar-refractivity contribution is 6.04. The maximum absolute atomic E-state index is 13.9. The topological polar surface area (TPSA) is 61.8 Å². The Kier molecular flexibility index (Phi) is 6.66. The number of likely N-dealkylation sites (tertiary alicyclic amines) is 1. The van der Waals surface area contributed by atoms with Crippen molar-refractivity contribution in [3.8, 4) is 0 Å². The Morgan fingerprint density at radius 1 is 1.13 bits per heavy atom. The normalized spacial score (nSPS) is 20.7. The van der Waals surface area contributed by atoms with E-state index < -0.39 is 48.0 Å². The third-order valence-corrected chi connectivity index (χ3v) is 5.75. The third-order valence-electron chi connectivity index (χ3n) is 5.75. The SMILES string of the molecule is N/C(=C(\C1=Nc2ccc(F)cc2CC1)C(F)(F)F)C1CCN(C(CO)C(F)(F)F)CC1. The monoisotopic (exact) mass is 453 g/mol. The number of aliphatic hydroxyl groups excluding tert-OH is 1. The lowest BCUT2D eigenvalue weighted by atomic mass is 9.87. The molecule has 2 aliphatic rings. The first kappa shape index (κ1) is 23.5. The minimum absolute atomic E-state index is 0.00687. The smallest absolute Gasteiger partial charge is 0.401 e. The molecule has 0 bridgehead atoms. The van der Waals surface area contributed by atoms with Gasteiger partial charge in [-0.2, -0.15) is 26.3 Å². The van der Waals surface area contributed by atoms with Crippen LogP contribution in [-0.2, 0) is 6.42 Å². The summed E-state index contributed by atoms with van der Waals surface area (Å²) in [5.41, 5.74) is 4.91. The van der Waals surface area contributed by atoms with Gasteiger partial charge in [0.15, 0.2) is 0 Å². The van der Waals surface area contributed by atoms with Gasteiger partial charge in [-0.05, 0) is 62.5 Å². The second-order valence-electron chi connectivity index (χ2n) is 7.71. The van der Waals surface area contributed by atoms with Crippen LogP contribution in [-0.4, -0.2) is 53.8 Å². The molecule has 4 nitrogen and oxygen atoms in total. The molecule has 1 unspecified atom stereocenters. The van der Waals surface area contributed by atoms with Crippen LogP contribution in [0, 0.1) is 11.7 Å². The molecule has 172 valence electrons. The van der Waals surface area contributed by atoms with Crippen LogP contribution in [0.3, 0.4) is 0 Å². The van der Waals surface area contributed by atoms with Crippen LogP contribution in [0.4, 0.5) is 36.4 Å². The van der Waals surface area contributed by atoms with Crippen LogP contribution in [0.2, 0.25) is 0 Å². The number of benzene rings is 1. The maximum Gasteiger partial charge on any atom is 0.419 e. The predicted octanol–water partition coefficient (Wildman–Crippen LogP) is 4.25. The van der Waals surface area contributed by atoms with Crippen molar-refractivity contribution < 1.29 is 35.8 Å². The maximum atomic E-state index is 13.9. The zero-order valence-corrected chi connectivity index (χ0v) is 16.4. The number of halogens is 7. The lowest BCUT2D eigenvalue weighted by Gasteiger charge is -2.38. The first-order valence-electron chi connectivity index (χ1n) is 9.76. The minimum Gasteiger partial charge on any atom is -0.401 e. The lowest BCUT2D eigenvalue weighted by molar-refractivity contribution is -0.195. The van der Waals surface area contributed by atoms with E-state index >= 15 is 0 Å². The predicted molar refractivity (Wildman–Crippen MR) is 100 cm³/mol. The van der Waals surface area contributed by atoms with Gasteiger partial charge in [0.1, 0.15) is 11.9 Å². The number of rotatable bonds is 4. The summed E-state index contributed by atoms with van der Waals surface area (Å²) in [4.78, 5) is 5.07. The van der Waals surface area contributed by atoms with Crippen molar-refractivity contribution in [2.45, 2.75) is 44.1 Å². The largest absolute Gasteiger partial charge is 0.419 e. The number of nitrogens with two attached hydrogens (primary N) is 1. The molecule has 1 aromatic carbocycles. The molecule has 1 fully saturated rings. The van der Waals surface area contributed by atoms with Crippen molar-refractivity contribution in [1.29, 1.82) is 0 Å². The fourth-order valence-electron chi connectivity index (χ4n) is 4.14. The second kappa shape index (κ2) is 8.78. The number of alkyl halides is 6. The molecule has 0 aromatic heterocycles. The summed E-state index contributed by atoms with van der Waals surface area (Å²) < 4.78 is 94.1. The summed E-state index contributed by atoms with van der Waals surface area (Å²) in [5, 5.41) is 9.07. The Balaban J connectivity index is 1.86. The number of hydrogen-bond donors (Lipinski definition) is 2. The Hall–Kier alpha value is -2.14. The van der Waals surface area contributed by atoms with Gasteiger partial charge < -0.3 is 10.8 Å². The molecule has 0 radical (unpaired) electrons. The number of fused-ring (bicyclic) bond motifs is 1. The molecule has 1 saturated heterocycles. The van der Waals surface area contributed by atoms with E-state index in [0.29, 0.717) is 5.56 Å². The molecular formula is C20H22F7N3O. The molecule has 0 aliphatic carbocycles. The van der Waals surface area contributed by atoms with Gasteiger partial charge in [-0.25, -0.2) is 4.39 Å². The van der Waals surface area contributed by atoms with Crippen LogP contribution < -0.4 is 5.73 Å². The lowest BCUT2D eigenvalue weighted by Crippen LogP contribution is -2.51. The summed E-state index contributed by atoms with van der Waals surface area (Å²) >= 11 is 0. The van der Waals surface area contributed by atoms with Crippen molar-refractivity contribution in [1.82, 2.24) is 4.90 Å². The van der Waals surface area contributed by atoms with Crippen molar-refractivity contribution in [3.63, 3.8) is 0 Å². The molecule has 3 N–H and O–H groups in total. The summed E-state index contributed by atoms with van der Waals surface area (Å²) in [7, 11) is 0. The number of aliphatic imine (C=N–C) groups is 1. The Labute approximate surface area is 174 Å².